The number of rotatable bonds is 4. The first-order valence-corrected chi connectivity index (χ1v) is 10.1. The Hall–Kier alpha value is -2.94. The monoisotopic (exact) mass is 415 g/mol. The highest BCUT2D eigenvalue weighted by Crippen LogP contribution is 2.23. The highest BCUT2D eigenvalue weighted by Gasteiger charge is 2.25. The summed E-state index contributed by atoms with van der Waals surface area (Å²) in [5, 5.41) is 0. The normalized spacial score (nSPS) is 17.2. The van der Waals surface area contributed by atoms with Gasteiger partial charge in [0, 0.05) is 50.9 Å². The Balaban J connectivity index is 1.42. The van der Waals surface area contributed by atoms with Gasteiger partial charge in [-0.05, 0) is 25.1 Å². The molecular formula is C21H26FN5O3. The molecule has 2 aliphatic heterocycles. The lowest BCUT2D eigenvalue weighted by Crippen LogP contribution is -2.49. The van der Waals surface area contributed by atoms with Gasteiger partial charge in [0.05, 0.1) is 20.3 Å². The second kappa shape index (κ2) is 8.83. The summed E-state index contributed by atoms with van der Waals surface area (Å²) in [6.07, 6.45) is 0. The number of piperazine rings is 1. The predicted octanol–water partition coefficient (Wildman–Crippen LogP) is 1.73. The summed E-state index contributed by atoms with van der Waals surface area (Å²) in [5.74, 6) is 1.92. The number of ether oxygens (including phenoxy) is 2. The van der Waals surface area contributed by atoms with Crippen LogP contribution in [-0.2, 0) is 4.74 Å². The lowest BCUT2D eigenvalue weighted by Gasteiger charge is -2.36. The Morgan fingerprint density at radius 3 is 2.23 bits per heavy atom. The topological polar surface area (TPSA) is 71.0 Å². The number of carbonyl (C=O) groups is 1. The van der Waals surface area contributed by atoms with E-state index < -0.39 is 5.82 Å². The number of benzene rings is 1. The van der Waals surface area contributed by atoms with E-state index in [1.165, 1.54) is 19.2 Å². The molecule has 3 heterocycles. The number of nitrogens with zero attached hydrogens (tertiary/aromatic N) is 5. The molecule has 2 aliphatic rings. The van der Waals surface area contributed by atoms with Gasteiger partial charge in [-0.1, -0.05) is 0 Å². The second-order valence-corrected chi connectivity index (χ2v) is 7.36. The van der Waals surface area contributed by atoms with Crippen LogP contribution in [0.15, 0.2) is 24.3 Å². The third-order valence-electron chi connectivity index (χ3n) is 5.44. The van der Waals surface area contributed by atoms with Crippen LogP contribution in [0.25, 0.3) is 0 Å². The number of hydrogen-bond acceptors (Lipinski definition) is 7. The van der Waals surface area contributed by atoms with Crippen molar-refractivity contribution in [2.24, 2.45) is 0 Å². The Morgan fingerprint density at radius 1 is 1.00 bits per heavy atom. The van der Waals surface area contributed by atoms with Crippen LogP contribution in [0, 0.1) is 12.7 Å². The number of aryl methyl sites for hydroxylation is 1. The van der Waals surface area contributed by atoms with Gasteiger partial charge in [0.15, 0.2) is 11.6 Å². The molecular weight excluding hydrogens is 389 g/mol. The largest absolute Gasteiger partial charge is 0.494 e. The Labute approximate surface area is 175 Å². The molecule has 2 fully saturated rings. The van der Waals surface area contributed by atoms with Gasteiger partial charge < -0.3 is 24.2 Å². The first kappa shape index (κ1) is 20.3. The van der Waals surface area contributed by atoms with E-state index in [-0.39, 0.29) is 11.7 Å². The van der Waals surface area contributed by atoms with Crippen molar-refractivity contribution in [3.05, 3.63) is 41.5 Å². The molecule has 0 saturated carbocycles. The number of morpholine rings is 1. The van der Waals surface area contributed by atoms with Crippen LogP contribution in [-0.4, -0.2) is 80.4 Å². The molecule has 0 bridgehead atoms. The number of halogens is 1. The van der Waals surface area contributed by atoms with Gasteiger partial charge in [-0.2, -0.15) is 0 Å². The van der Waals surface area contributed by atoms with Gasteiger partial charge >= 0.3 is 0 Å². The van der Waals surface area contributed by atoms with Crippen molar-refractivity contribution in [3.63, 3.8) is 0 Å². The van der Waals surface area contributed by atoms with Crippen molar-refractivity contribution in [1.29, 1.82) is 0 Å². The highest BCUT2D eigenvalue weighted by atomic mass is 19.1. The van der Waals surface area contributed by atoms with E-state index in [2.05, 4.69) is 19.8 Å². The number of aromatic nitrogens is 2. The average molecular weight is 415 g/mol. The Bertz CT molecular complexity index is 912. The summed E-state index contributed by atoms with van der Waals surface area (Å²) >= 11 is 0. The van der Waals surface area contributed by atoms with Gasteiger partial charge in [-0.25, -0.2) is 14.4 Å². The maximum absolute atomic E-state index is 14.0. The van der Waals surface area contributed by atoms with Gasteiger partial charge in [0.2, 0.25) is 0 Å². The predicted molar refractivity (Wildman–Crippen MR) is 111 cm³/mol. The Morgan fingerprint density at radius 2 is 1.63 bits per heavy atom. The van der Waals surface area contributed by atoms with E-state index in [1.54, 1.807) is 11.0 Å². The van der Waals surface area contributed by atoms with E-state index >= 15 is 0 Å². The van der Waals surface area contributed by atoms with Crippen molar-refractivity contribution < 1.29 is 18.7 Å². The fraction of sp³-hybridized carbons (Fsp3) is 0.476. The molecule has 9 heteroatoms. The zero-order chi connectivity index (χ0) is 21.1. The minimum Gasteiger partial charge on any atom is -0.494 e. The van der Waals surface area contributed by atoms with Crippen molar-refractivity contribution in [2.75, 3.05) is 69.4 Å². The molecule has 1 aromatic heterocycles. The molecule has 1 aromatic carbocycles. The van der Waals surface area contributed by atoms with Gasteiger partial charge in [0.1, 0.15) is 17.5 Å². The van der Waals surface area contributed by atoms with E-state index in [4.69, 9.17) is 9.47 Å². The van der Waals surface area contributed by atoms with E-state index in [1.807, 2.05) is 13.0 Å². The van der Waals surface area contributed by atoms with Gasteiger partial charge in [0.25, 0.3) is 5.91 Å². The van der Waals surface area contributed by atoms with E-state index in [0.29, 0.717) is 45.0 Å². The van der Waals surface area contributed by atoms with Gasteiger partial charge in [-0.15, -0.1) is 0 Å². The second-order valence-electron chi connectivity index (χ2n) is 7.36. The quantitative estimate of drug-likeness (QED) is 0.753. The highest BCUT2D eigenvalue weighted by molar-refractivity contribution is 5.94. The minimum atomic E-state index is -0.533. The number of hydrogen-bond donors (Lipinski definition) is 0. The zero-order valence-electron chi connectivity index (χ0n) is 17.3. The van der Waals surface area contributed by atoms with Crippen LogP contribution in [0.3, 0.4) is 0 Å². The number of methoxy groups -OCH3 is 1. The standard InChI is InChI=1S/C21H26FN5O3/c1-15-23-19(14-20(24-15)26-9-11-30-12-10-26)25-5-7-27(8-6-25)21(28)16-3-4-18(29-2)17(22)13-16/h3-4,13-14H,5-12H2,1-2H3. The van der Waals surface area contributed by atoms with Crippen molar-refractivity contribution in [2.45, 2.75) is 6.92 Å². The minimum absolute atomic E-state index is 0.131. The van der Waals surface area contributed by atoms with Crippen LogP contribution in [0.2, 0.25) is 0 Å². The summed E-state index contributed by atoms with van der Waals surface area (Å²) < 4.78 is 24.3. The molecule has 0 aliphatic carbocycles. The van der Waals surface area contributed by atoms with Crippen molar-refractivity contribution in [3.8, 4) is 5.75 Å². The maximum Gasteiger partial charge on any atom is 0.254 e. The van der Waals surface area contributed by atoms with Crippen LogP contribution in [0.4, 0.5) is 16.0 Å². The summed E-state index contributed by atoms with van der Waals surface area (Å²) in [4.78, 5) is 28.1. The molecule has 8 nitrogen and oxygen atoms in total. The number of anilines is 2. The third-order valence-corrected chi connectivity index (χ3v) is 5.44. The number of amides is 1. The fourth-order valence-electron chi connectivity index (χ4n) is 3.77. The summed E-state index contributed by atoms with van der Waals surface area (Å²) in [6, 6.07) is 6.32. The van der Waals surface area contributed by atoms with E-state index in [0.717, 1.165) is 30.5 Å². The number of carbonyl (C=O) groups excluding carboxylic acids is 1. The van der Waals surface area contributed by atoms with Crippen LogP contribution in [0.5, 0.6) is 5.75 Å². The molecule has 0 N–H and O–H groups in total. The fourth-order valence-corrected chi connectivity index (χ4v) is 3.77. The van der Waals surface area contributed by atoms with Crippen LogP contribution < -0.4 is 14.5 Å². The molecule has 30 heavy (non-hydrogen) atoms. The van der Waals surface area contributed by atoms with Crippen molar-refractivity contribution >= 4 is 17.5 Å². The summed E-state index contributed by atoms with van der Waals surface area (Å²) in [6.45, 7) is 7.33. The van der Waals surface area contributed by atoms with Crippen LogP contribution >= 0.6 is 0 Å². The lowest BCUT2D eigenvalue weighted by atomic mass is 10.1. The van der Waals surface area contributed by atoms with Crippen LogP contribution in [0.1, 0.15) is 16.2 Å². The summed E-state index contributed by atoms with van der Waals surface area (Å²) in [7, 11) is 1.40. The smallest absolute Gasteiger partial charge is 0.254 e. The molecule has 2 aromatic rings. The van der Waals surface area contributed by atoms with Crippen molar-refractivity contribution in [1.82, 2.24) is 14.9 Å². The van der Waals surface area contributed by atoms with Gasteiger partial charge in [-0.3, -0.25) is 4.79 Å². The zero-order valence-corrected chi connectivity index (χ0v) is 17.3. The molecule has 0 radical (unpaired) electrons. The molecule has 0 unspecified atom stereocenters. The molecule has 4 rings (SSSR count). The van der Waals surface area contributed by atoms with E-state index in [9.17, 15) is 9.18 Å². The first-order chi connectivity index (χ1) is 14.5. The Kier molecular flexibility index (Phi) is 5.98. The molecule has 2 saturated heterocycles. The molecule has 0 spiro atoms. The first-order valence-electron chi connectivity index (χ1n) is 10.1. The average Bonchev–Trinajstić information content (AvgIpc) is 2.79. The SMILES string of the molecule is COc1ccc(C(=O)N2CCN(c3cc(N4CCOCC4)nc(C)n3)CC2)cc1F. The maximum atomic E-state index is 14.0. The third kappa shape index (κ3) is 4.30. The molecule has 0 atom stereocenters. The molecule has 1 amide bonds. The lowest BCUT2D eigenvalue weighted by molar-refractivity contribution is 0.0746. The summed E-state index contributed by atoms with van der Waals surface area (Å²) in [5.41, 5.74) is 0.328. The molecule has 160 valence electrons.